The predicted molar refractivity (Wildman–Crippen MR) is 135 cm³/mol. The molecule has 7 nitrogen and oxygen atoms in total. The zero-order valence-electron chi connectivity index (χ0n) is 19.6. The van der Waals surface area contributed by atoms with Gasteiger partial charge < -0.3 is 14.5 Å². The second-order valence-corrected chi connectivity index (χ2v) is 10.2. The van der Waals surface area contributed by atoms with Crippen LogP contribution in [0.15, 0.2) is 53.4 Å². The van der Waals surface area contributed by atoms with Gasteiger partial charge >= 0.3 is 0 Å². The lowest BCUT2D eigenvalue weighted by Gasteiger charge is -2.27. The number of thioether (sulfide) groups is 1. The summed E-state index contributed by atoms with van der Waals surface area (Å²) in [5, 5.41) is 4.88. The van der Waals surface area contributed by atoms with Gasteiger partial charge in [0, 0.05) is 53.5 Å². The van der Waals surface area contributed by atoms with E-state index in [4.69, 9.17) is 9.84 Å². The topological polar surface area (TPSA) is 67.7 Å². The molecule has 2 saturated heterocycles. The van der Waals surface area contributed by atoms with E-state index in [9.17, 15) is 9.59 Å². The normalized spacial score (nSPS) is 17.6. The molecular weight excluding hydrogens is 460 g/mol. The highest BCUT2D eigenvalue weighted by molar-refractivity contribution is 7.98. The van der Waals surface area contributed by atoms with Gasteiger partial charge in [-0.05, 0) is 49.6 Å². The van der Waals surface area contributed by atoms with Crippen molar-refractivity contribution < 1.29 is 14.3 Å². The summed E-state index contributed by atoms with van der Waals surface area (Å²) in [4.78, 5) is 31.7. The zero-order chi connectivity index (χ0) is 23.8. The maximum atomic E-state index is 13.5. The van der Waals surface area contributed by atoms with Crippen molar-refractivity contribution in [2.75, 3.05) is 39.4 Å². The summed E-state index contributed by atoms with van der Waals surface area (Å²) in [5.74, 6) is 0.698. The van der Waals surface area contributed by atoms with E-state index in [2.05, 4.69) is 0 Å². The quantitative estimate of drug-likeness (QED) is 0.552. The van der Waals surface area contributed by atoms with Crippen LogP contribution >= 0.6 is 11.8 Å². The standard InChI is InChI=1S/C27H28N4O3S/c32-26(29-11-5-2-6-12-29)19-9-10-23-21(17-19)25-22(18-35-23)24(27(33)30-13-15-34-16-14-30)28-31(25)20-7-3-1-4-8-20/h1,3-4,7-10,17H,2,5-6,11-16,18H2. The van der Waals surface area contributed by atoms with Crippen molar-refractivity contribution in [3.8, 4) is 16.9 Å². The molecule has 8 heteroatoms. The van der Waals surface area contributed by atoms with Crippen LogP contribution in [0.2, 0.25) is 0 Å². The van der Waals surface area contributed by atoms with Gasteiger partial charge in [0.05, 0.1) is 24.6 Å². The minimum Gasteiger partial charge on any atom is -0.378 e. The number of fused-ring (bicyclic) bond motifs is 3. The fourth-order valence-electron chi connectivity index (χ4n) is 5.11. The van der Waals surface area contributed by atoms with Crippen molar-refractivity contribution in [2.45, 2.75) is 29.9 Å². The van der Waals surface area contributed by atoms with Crippen LogP contribution in [-0.4, -0.2) is 70.8 Å². The Hall–Kier alpha value is -3.10. The number of hydrogen-bond donors (Lipinski definition) is 0. The van der Waals surface area contributed by atoms with Crippen LogP contribution in [0.25, 0.3) is 16.9 Å². The van der Waals surface area contributed by atoms with Crippen molar-refractivity contribution in [1.29, 1.82) is 0 Å². The van der Waals surface area contributed by atoms with Gasteiger partial charge in [0.25, 0.3) is 11.8 Å². The Labute approximate surface area is 209 Å². The third-order valence-corrected chi connectivity index (χ3v) is 8.08. The Kier molecular flexibility index (Phi) is 6.08. The number of aromatic nitrogens is 2. The Balaban J connectivity index is 1.46. The summed E-state index contributed by atoms with van der Waals surface area (Å²) in [6, 6.07) is 15.9. The first kappa shape index (κ1) is 22.4. The second-order valence-electron chi connectivity index (χ2n) is 9.18. The highest BCUT2D eigenvalue weighted by Crippen LogP contribution is 2.44. The van der Waals surface area contributed by atoms with Crippen LogP contribution in [-0.2, 0) is 10.5 Å². The van der Waals surface area contributed by atoms with Gasteiger partial charge in [0.15, 0.2) is 5.69 Å². The Morgan fingerprint density at radius 2 is 1.60 bits per heavy atom. The molecule has 1 aromatic heterocycles. The van der Waals surface area contributed by atoms with Gasteiger partial charge in [0.2, 0.25) is 0 Å². The zero-order valence-corrected chi connectivity index (χ0v) is 20.4. The fraction of sp³-hybridized carbons (Fsp3) is 0.370. The van der Waals surface area contributed by atoms with E-state index in [1.807, 2.05) is 63.0 Å². The number of para-hydroxylation sites is 1. The van der Waals surface area contributed by atoms with E-state index >= 15 is 0 Å². The van der Waals surface area contributed by atoms with Crippen molar-refractivity contribution >= 4 is 23.6 Å². The number of hydrogen-bond acceptors (Lipinski definition) is 5. The Morgan fingerprint density at radius 1 is 0.857 bits per heavy atom. The van der Waals surface area contributed by atoms with Gasteiger partial charge in [-0.2, -0.15) is 5.10 Å². The van der Waals surface area contributed by atoms with Crippen molar-refractivity contribution in [1.82, 2.24) is 19.6 Å². The molecule has 35 heavy (non-hydrogen) atoms. The number of morpholine rings is 1. The largest absolute Gasteiger partial charge is 0.378 e. The van der Waals surface area contributed by atoms with E-state index in [0.29, 0.717) is 43.3 Å². The van der Waals surface area contributed by atoms with Crippen molar-refractivity contribution in [3.63, 3.8) is 0 Å². The average Bonchev–Trinajstić information content (AvgIpc) is 3.33. The molecule has 3 aliphatic heterocycles. The fourth-order valence-corrected chi connectivity index (χ4v) is 6.16. The number of nitrogens with zero attached hydrogens (tertiary/aromatic N) is 4. The van der Waals surface area contributed by atoms with E-state index in [1.54, 1.807) is 11.8 Å². The van der Waals surface area contributed by atoms with Gasteiger partial charge in [-0.3, -0.25) is 9.59 Å². The molecule has 2 fully saturated rings. The predicted octanol–water partition coefficient (Wildman–Crippen LogP) is 4.24. The lowest BCUT2D eigenvalue weighted by molar-refractivity contribution is 0.0298. The molecule has 0 spiro atoms. The number of carbonyl (C=O) groups excluding carboxylic acids is 2. The van der Waals surface area contributed by atoms with E-state index in [0.717, 1.165) is 53.3 Å². The molecule has 180 valence electrons. The van der Waals surface area contributed by atoms with Crippen LogP contribution in [0.1, 0.15) is 45.7 Å². The highest BCUT2D eigenvalue weighted by Gasteiger charge is 2.32. The number of piperidine rings is 1. The van der Waals surface area contributed by atoms with Crippen LogP contribution < -0.4 is 0 Å². The molecule has 0 radical (unpaired) electrons. The van der Waals surface area contributed by atoms with Gasteiger partial charge in [0.1, 0.15) is 0 Å². The van der Waals surface area contributed by atoms with Crippen molar-refractivity contribution in [3.05, 3.63) is 65.4 Å². The molecule has 0 saturated carbocycles. The molecule has 3 aliphatic rings. The lowest BCUT2D eigenvalue weighted by atomic mass is 10.0. The molecule has 4 heterocycles. The average molecular weight is 489 g/mol. The molecule has 0 bridgehead atoms. The summed E-state index contributed by atoms with van der Waals surface area (Å²) in [7, 11) is 0. The summed E-state index contributed by atoms with van der Waals surface area (Å²) in [5.41, 5.74) is 4.91. The number of carbonyl (C=O) groups is 2. The smallest absolute Gasteiger partial charge is 0.274 e. The minimum absolute atomic E-state index is 0.0520. The summed E-state index contributed by atoms with van der Waals surface area (Å²) >= 11 is 1.70. The first-order valence-corrected chi connectivity index (χ1v) is 13.3. The Morgan fingerprint density at radius 3 is 2.37 bits per heavy atom. The number of ether oxygens (including phenoxy) is 1. The van der Waals surface area contributed by atoms with Crippen LogP contribution in [0.4, 0.5) is 0 Å². The first-order chi connectivity index (χ1) is 17.2. The maximum absolute atomic E-state index is 13.5. The Bertz CT molecular complexity index is 1260. The lowest BCUT2D eigenvalue weighted by Crippen LogP contribution is -2.41. The van der Waals surface area contributed by atoms with Crippen molar-refractivity contribution in [2.24, 2.45) is 0 Å². The van der Waals surface area contributed by atoms with Crippen LogP contribution in [0, 0.1) is 0 Å². The molecule has 2 aromatic carbocycles. The molecular formula is C27H28N4O3S. The SMILES string of the molecule is O=C(c1ccc2c(c1)-c1c(c(C(=O)N3CCOCC3)nn1-c1ccccc1)CS2)N1CCCCC1. The molecule has 0 atom stereocenters. The van der Waals surface area contributed by atoms with Crippen LogP contribution in [0.5, 0.6) is 0 Å². The molecule has 6 rings (SSSR count). The molecule has 2 amide bonds. The minimum atomic E-state index is -0.0520. The van der Waals surface area contributed by atoms with E-state index in [-0.39, 0.29) is 11.8 Å². The summed E-state index contributed by atoms with van der Waals surface area (Å²) in [6.07, 6.45) is 3.30. The third kappa shape index (κ3) is 4.15. The monoisotopic (exact) mass is 488 g/mol. The number of likely N-dealkylation sites (tertiary alicyclic amines) is 1. The van der Waals surface area contributed by atoms with E-state index in [1.165, 1.54) is 6.42 Å². The first-order valence-electron chi connectivity index (χ1n) is 12.3. The highest BCUT2D eigenvalue weighted by atomic mass is 32.2. The molecule has 0 N–H and O–H groups in total. The maximum Gasteiger partial charge on any atom is 0.274 e. The number of rotatable bonds is 3. The van der Waals surface area contributed by atoms with Gasteiger partial charge in [-0.25, -0.2) is 4.68 Å². The van der Waals surface area contributed by atoms with Gasteiger partial charge in [-0.1, -0.05) is 18.2 Å². The number of benzene rings is 2. The van der Waals surface area contributed by atoms with Crippen LogP contribution in [0.3, 0.4) is 0 Å². The van der Waals surface area contributed by atoms with Gasteiger partial charge in [-0.15, -0.1) is 11.8 Å². The number of amides is 2. The molecule has 3 aromatic rings. The summed E-state index contributed by atoms with van der Waals surface area (Å²) in [6.45, 7) is 3.87. The molecule has 0 aliphatic carbocycles. The molecule has 0 unspecified atom stereocenters. The van der Waals surface area contributed by atoms with E-state index < -0.39 is 0 Å². The summed E-state index contributed by atoms with van der Waals surface area (Å²) < 4.78 is 7.33. The third-order valence-electron chi connectivity index (χ3n) is 6.98. The second kappa shape index (κ2) is 9.51.